The molecule has 0 aliphatic rings. The van der Waals surface area contributed by atoms with Crippen molar-refractivity contribution < 1.29 is 17.6 Å². The summed E-state index contributed by atoms with van der Waals surface area (Å²) in [7, 11) is 0. The van der Waals surface area contributed by atoms with Crippen LogP contribution in [0.1, 0.15) is 22.7 Å². The van der Waals surface area contributed by atoms with Crippen molar-refractivity contribution >= 4 is 0 Å². The van der Waals surface area contributed by atoms with Crippen LogP contribution in [0.15, 0.2) is 42.7 Å². The summed E-state index contributed by atoms with van der Waals surface area (Å²) in [6, 6.07) is 4.82. The molecule has 6 heteroatoms. The zero-order valence-corrected chi connectivity index (χ0v) is 10.4. The van der Waals surface area contributed by atoms with Crippen LogP contribution in [0.25, 0.3) is 0 Å². The Morgan fingerprint density at radius 2 is 1.95 bits per heavy atom. The summed E-state index contributed by atoms with van der Waals surface area (Å²) >= 11 is 0. The molecule has 2 N–H and O–H groups in total. The van der Waals surface area contributed by atoms with E-state index in [0.717, 1.165) is 17.7 Å². The Morgan fingerprint density at radius 1 is 1.20 bits per heavy atom. The van der Waals surface area contributed by atoms with Crippen molar-refractivity contribution in [2.45, 2.75) is 18.6 Å². The van der Waals surface area contributed by atoms with E-state index in [4.69, 9.17) is 5.73 Å². The molecule has 1 unspecified atom stereocenters. The minimum Gasteiger partial charge on any atom is -0.324 e. The maximum atomic E-state index is 13.6. The van der Waals surface area contributed by atoms with E-state index in [1.54, 1.807) is 24.5 Å². The van der Waals surface area contributed by atoms with E-state index in [0.29, 0.717) is 6.07 Å². The molecule has 20 heavy (non-hydrogen) atoms. The molecule has 1 heterocycles. The Bertz CT molecular complexity index is 581. The van der Waals surface area contributed by atoms with Gasteiger partial charge in [-0.2, -0.15) is 13.2 Å². The molecular formula is C14H12F4N2. The molecule has 0 bridgehead atoms. The molecule has 0 saturated heterocycles. The number of nitrogens with two attached hydrogens (primary N) is 1. The Labute approximate surface area is 113 Å². The third-order valence-electron chi connectivity index (χ3n) is 2.90. The largest absolute Gasteiger partial charge is 0.416 e. The Hall–Kier alpha value is -1.95. The van der Waals surface area contributed by atoms with Crippen LogP contribution in [0.3, 0.4) is 0 Å². The first-order valence-electron chi connectivity index (χ1n) is 5.89. The number of pyridine rings is 1. The number of nitrogens with zero attached hydrogens (tertiary/aromatic N) is 1. The van der Waals surface area contributed by atoms with E-state index in [-0.39, 0.29) is 12.0 Å². The monoisotopic (exact) mass is 284 g/mol. The maximum absolute atomic E-state index is 13.6. The number of halogens is 4. The van der Waals surface area contributed by atoms with Gasteiger partial charge in [-0.25, -0.2) is 4.39 Å². The van der Waals surface area contributed by atoms with Crippen LogP contribution in [0.4, 0.5) is 17.6 Å². The summed E-state index contributed by atoms with van der Waals surface area (Å²) in [6.07, 6.45) is -1.19. The second-order valence-electron chi connectivity index (χ2n) is 4.41. The van der Waals surface area contributed by atoms with E-state index in [2.05, 4.69) is 4.98 Å². The van der Waals surface area contributed by atoms with Gasteiger partial charge in [-0.05, 0) is 36.2 Å². The van der Waals surface area contributed by atoms with E-state index in [1.165, 1.54) is 0 Å². The van der Waals surface area contributed by atoms with Crippen LogP contribution in [-0.2, 0) is 12.6 Å². The molecule has 0 saturated carbocycles. The average molecular weight is 284 g/mol. The molecule has 1 aromatic carbocycles. The van der Waals surface area contributed by atoms with Crippen LogP contribution in [0.2, 0.25) is 0 Å². The quantitative estimate of drug-likeness (QED) is 0.876. The van der Waals surface area contributed by atoms with Crippen molar-refractivity contribution in [1.82, 2.24) is 4.98 Å². The molecule has 106 valence electrons. The highest BCUT2D eigenvalue weighted by atomic mass is 19.4. The number of alkyl halides is 3. The topological polar surface area (TPSA) is 38.9 Å². The summed E-state index contributed by atoms with van der Waals surface area (Å²) in [5.41, 5.74) is 5.48. The van der Waals surface area contributed by atoms with Gasteiger partial charge < -0.3 is 5.73 Å². The average Bonchev–Trinajstić information content (AvgIpc) is 2.39. The predicted molar refractivity (Wildman–Crippen MR) is 66.3 cm³/mol. The number of aromatic nitrogens is 1. The van der Waals surface area contributed by atoms with Gasteiger partial charge in [-0.3, -0.25) is 4.98 Å². The molecule has 0 fully saturated rings. The standard InChI is InChI=1S/C14H12F4N2/c15-12-4-3-10(14(16,17)18)7-11(12)13(19)6-9-2-1-5-20-8-9/h1-5,7-8,13H,6,19H2. The highest BCUT2D eigenvalue weighted by Crippen LogP contribution is 2.32. The molecule has 2 aromatic rings. The van der Waals surface area contributed by atoms with Gasteiger partial charge >= 0.3 is 6.18 Å². The highest BCUT2D eigenvalue weighted by molar-refractivity contribution is 5.30. The Morgan fingerprint density at radius 3 is 2.55 bits per heavy atom. The van der Waals surface area contributed by atoms with Crippen LogP contribution < -0.4 is 5.73 Å². The lowest BCUT2D eigenvalue weighted by atomic mass is 9.98. The summed E-state index contributed by atoms with van der Waals surface area (Å²) in [6.45, 7) is 0. The fourth-order valence-electron chi connectivity index (χ4n) is 1.89. The smallest absolute Gasteiger partial charge is 0.324 e. The van der Waals surface area contributed by atoms with Crippen LogP contribution in [0.5, 0.6) is 0 Å². The number of benzene rings is 1. The molecule has 2 nitrogen and oxygen atoms in total. The number of hydrogen-bond donors (Lipinski definition) is 1. The molecular weight excluding hydrogens is 272 g/mol. The van der Waals surface area contributed by atoms with Gasteiger partial charge in [-0.15, -0.1) is 0 Å². The van der Waals surface area contributed by atoms with Crippen molar-refractivity contribution in [3.8, 4) is 0 Å². The number of hydrogen-bond acceptors (Lipinski definition) is 2. The van der Waals surface area contributed by atoms with Crippen LogP contribution in [0, 0.1) is 5.82 Å². The fraction of sp³-hybridized carbons (Fsp3) is 0.214. The fourth-order valence-corrected chi connectivity index (χ4v) is 1.89. The molecule has 1 aromatic heterocycles. The molecule has 0 aliphatic carbocycles. The third-order valence-corrected chi connectivity index (χ3v) is 2.90. The van der Waals surface area contributed by atoms with Gasteiger partial charge in [0.15, 0.2) is 0 Å². The summed E-state index contributed by atoms with van der Waals surface area (Å²) < 4.78 is 51.5. The molecule has 0 radical (unpaired) electrons. The Kier molecular flexibility index (Phi) is 4.04. The molecule has 1 atom stereocenters. The first kappa shape index (κ1) is 14.5. The van der Waals surface area contributed by atoms with Crippen LogP contribution in [-0.4, -0.2) is 4.98 Å². The SMILES string of the molecule is NC(Cc1cccnc1)c1cc(C(F)(F)F)ccc1F. The van der Waals surface area contributed by atoms with Gasteiger partial charge in [0.1, 0.15) is 5.82 Å². The lowest BCUT2D eigenvalue weighted by Crippen LogP contribution is -2.17. The summed E-state index contributed by atoms with van der Waals surface area (Å²) in [5.74, 6) is -0.741. The predicted octanol–water partition coefficient (Wildman–Crippen LogP) is 3.48. The molecule has 0 aliphatic heterocycles. The van der Waals surface area contributed by atoms with Crippen molar-refractivity contribution in [1.29, 1.82) is 0 Å². The zero-order chi connectivity index (χ0) is 14.8. The van der Waals surface area contributed by atoms with Crippen molar-refractivity contribution in [3.63, 3.8) is 0 Å². The first-order chi connectivity index (χ1) is 9.38. The van der Waals surface area contributed by atoms with E-state index in [9.17, 15) is 17.6 Å². The van der Waals surface area contributed by atoms with Crippen molar-refractivity contribution in [2.24, 2.45) is 5.73 Å². The highest BCUT2D eigenvalue weighted by Gasteiger charge is 2.31. The van der Waals surface area contributed by atoms with Crippen molar-refractivity contribution in [3.05, 3.63) is 65.2 Å². The van der Waals surface area contributed by atoms with Gasteiger partial charge in [-0.1, -0.05) is 6.07 Å². The second-order valence-corrected chi connectivity index (χ2v) is 4.41. The van der Waals surface area contributed by atoms with Gasteiger partial charge in [0, 0.05) is 24.0 Å². The summed E-state index contributed by atoms with van der Waals surface area (Å²) in [5, 5.41) is 0. The Balaban J connectivity index is 2.27. The molecule has 0 spiro atoms. The minimum absolute atomic E-state index is 0.149. The van der Waals surface area contributed by atoms with Gasteiger partial charge in [0.2, 0.25) is 0 Å². The summed E-state index contributed by atoms with van der Waals surface area (Å²) in [4.78, 5) is 3.88. The second kappa shape index (κ2) is 5.58. The molecule has 2 rings (SSSR count). The molecule has 0 amide bonds. The zero-order valence-electron chi connectivity index (χ0n) is 10.4. The lowest BCUT2D eigenvalue weighted by Gasteiger charge is -2.15. The lowest BCUT2D eigenvalue weighted by molar-refractivity contribution is -0.137. The minimum atomic E-state index is -4.52. The van der Waals surface area contributed by atoms with E-state index >= 15 is 0 Å². The number of rotatable bonds is 3. The van der Waals surface area contributed by atoms with E-state index < -0.39 is 23.6 Å². The maximum Gasteiger partial charge on any atom is 0.416 e. The normalized spacial score (nSPS) is 13.2. The van der Waals surface area contributed by atoms with Crippen LogP contribution >= 0.6 is 0 Å². The van der Waals surface area contributed by atoms with Crippen molar-refractivity contribution in [2.75, 3.05) is 0 Å². The first-order valence-corrected chi connectivity index (χ1v) is 5.89. The third kappa shape index (κ3) is 3.33. The van der Waals surface area contributed by atoms with E-state index in [1.807, 2.05) is 0 Å². The van der Waals surface area contributed by atoms with Gasteiger partial charge in [0.25, 0.3) is 0 Å². The van der Waals surface area contributed by atoms with Gasteiger partial charge in [0.05, 0.1) is 5.56 Å².